The summed E-state index contributed by atoms with van der Waals surface area (Å²) < 4.78 is 11.3. The van der Waals surface area contributed by atoms with Crippen molar-refractivity contribution in [1.82, 2.24) is 15.1 Å². The SMILES string of the molecule is COc1ccccc1-c1nnc(C2CCN(C(=O)C3CC3)CC2)o1. The molecule has 1 aliphatic heterocycles. The maximum Gasteiger partial charge on any atom is 0.251 e. The molecule has 1 amide bonds. The quantitative estimate of drug-likeness (QED) is 0.864. The molecule has 24 heavy (non-hydrogen) atoms. The maximum absolute atomic E-state index is 12.1. The number of benzene rings is 1. The third kappa shape index (κ3) is 2.88. The van der Waals surface area contributed by atoms with Gasteiger partial charge in [0.25, 0.3) is 5.89 Å². The molecule has 1 aliphatic carbocycles. The molecular weight excluding hydrogens is 306 g/mol. The summed E-state index contributed by atoms with van der Waals surface area (Å²) in [5.74, 6) is 2.71. The number of rotatable bonds is 4. The lowest BCUT2D eigenvalue weighted by molar-refractivity contribution is -0.133. The number of carbonyl (C=O) groups is 1. The number of nitrogens with zero attached hydrogens (tertiary/aromatic N) is 3. The number of hydrogen-bond donors (Lipinski definition) is 0. The van der Waals surface area contributed by atoms with Crippen LogP contribution in [0, 0.1) is 5.92 Å². The number of ether oxygens (including phenoxy) is 1. The minimum Gasteiger partial charge on any atom is -0.496 e. The van der Waals surface area contributed by atoms with Crippen molar-refractivity contribution < 1.29 is 13.9 Å². The molecule has 0 bridgehead atoms. The monoisotopic (exact) mass is 327 g/mol. The molecule has 2 fully saturated rings. The number of likely N-dealkylation sites (tertiary alicyclic amines) is 1. The highest BCUT2D eigenvalue weighted by Gasteiger charge is 2.36. The van der Waals surface area contributed by atoms with Crippen LogP contribution in [-0.4, -0.2) is 41.2 Å². The molecule has 1 aromatic carbocycles. The lowest BCUT2D eigenvalue weighted by atomic mass is 9.96. The van der Waals surface area contributed by atoms with E-state index in [0.29, 0.717) is 23.6 Å². The fraction of sp³-hybridized carbons (Fsp3) is 0.500. The van der Waals surface area contributed by atoms with E-state index in [1.807, 2.05) is 29.2 Å². The Hall–Kier alpha value is -2.37. The van der Waals surface area contributed by atoms with Gasteiger partial charge in [-0.25, -0.2) is 0 Å². The van der Waals surface area contributed by atoms with Gasteiger partial charge in [-0.05, 0) is 37.8 Å². The van der Waals surface area contributed by atoms with Crippen LogP contribution < -0.4 is 4.74 Å². The second-order valence-corrected chi connectivity index (χ2v) is 6.52. The van der Waals surface area contributed by atoms with Crippen molar-refractivity contribution in [3.63, 3.8) is 0 Å². The Labute approximate surface area is 140 Å². The van der Waals surface area contributed by atoms with Crippen LogP contribution in [0.3, 0.4) is 0 Å². The zero-order chi connectivity index (χ0) is 16.5. The number of para-hydroxylation sites is 1. The maximum atomic E-state index is 12.1. The molecule has 2 heterocycles. The summed E-state index contributed by atoms with van der Waals surface area (Å²) in [6.45, 7) is 1.57. The van der Waals surface area contributed by atoms with Gasteiger partial charge in [0.15, 0.2) is 0 Å². The van der Waals surface area contributed by atoms with Crippen LogP contribution in [0.4, 0.5) is 0 Å². The van der Waals surface area contributed by atoms with Crippen LogP contribution in [0.5, 0.6) is 5.75 Å². The van der Waals surface area contributed by atoms with Crippen LogP contribution >= 0.6 is 0 Å². The molecule has 0 radical (unpaired) electrons. The normalized spacial score (nSPS) is 18.6. The second-order valence-electron chi connectivity index (χ2n) is 6.52. The summed E-state index contributed by atoms with van der Waals surface area (Å²) in [6, 6.07) is 7.62. The highest BCUT2D eigenvalue weighted by atomic mass is 16.5. The first-order chi connectivity index (χ1) is 11.8. The van der Waals surface area contributed by atoms with Gasteiger partial charge >= 0.3 is 0 Å². The summed E-state index contributed by atoms with van der Waals surface area (Å²) in [6.07, 6.45) is 3.88. The highest BCUT2D eigenvalue weighted by Crippen LogP contribution is 2.35. The molecular formula is C18H21N3O3. The van der Waals surface area contributed by atoms with Crippen LogP contribution in [0.15, 0.2) is 28.7 Å². The number of methoxy groups -OCH3 is 1. The Morgan fingerprint density at radius 2 is 1.92 bits per heavy atom. The van der Waals surface area contributed by atoms with E-state index in [4.69, 9.17) is 9.15 Å². The predicted molar refractivity (Wildman–Crippen MR) is 87.6 cm³/mol. The van der Waals surface area contributed by atoms with Crippen LogP contribution in [0.1, 0.15) is 37.5 Å². The number of piperidine rings is 1. The van der Waals surface area contributed by atoms with Gasteiger partial charge in [-0.15, -0.1) is 10.2 Å². The van der Waals surface area contributed by atoms with Crippen molar-refractivity contribution in [3.05, 3.63) is 30.2 Å². The molecule has 1 saturated heterocycles. The number of carbonyl (C=O) groups excluding carboxylic acids is 1. The average Bonchev–Trinajstić information content (AvgIpc) is 3.38. The molecule has 0 spiro atoms. The number of amides is 1. The van der Waals surface area contributed by atoms with Crippen molar-refractivity contribution in [2.24, 2.45) is 5.92 Å². The number of hydrogen-bond acceptors (Lipinski definition) is 5. The Morgan fingerprint density at radius 3 is 2.62 bits per heavy atom. The van der Waals surface area contributed by atoms with Crippen molar-refractivity contribution in [2.75, 3.05) is 20.2 Å². The van der Waals surface area contributed by atoms with E-state index >= 15 is 0 Å². The molecule has 2 aliphatic rings. The highest BCUT2D eigenvalue weighted by molar-refractivity contribution is 5.81. The standard InChI is InChI=1S/C18H21N3O3/c1-23-15-5-3-2-4-14(15)17-20-19-16(24-17)12-8-10-21(11-9-12)18(22)13-6-7-13/h2-5,12-13H,6-11H2,1H3. The zero-order valence-electron chi connectivity index (χ0n) is 13.8. The van der Waals surface area contributed by atoms with Crippen LogP contribution in [0.2, 0.25) is 0 Å². The average molecular weight is 327 g/mol. The lowest BCUT2D eigenvalue weighted by Gasteiger charge is -2.30. The van der Waals surface area contributed by atoms with Gasteiger partial charge in [-0.3, -0.25) is 4.79 Å². The largest absolute Gasteiger partial charge is 0.496 e. The fourth-order valence-electron chi connectivity index (χ4n) is 3.27. The molecule has 2 aromatic rings. The van der Waals surface area contributed by atoms with Gasteiger partial charge in [0, 0.05) is 24.9 Å². The van der Waals surface area contributed by atoms with Crippen molar-refractivity contribution in [1.29, 1.82) is 0 Å². The minimum absolute atomic E-state index is 0.226. The predicted octanol–water partition coefficient (Wildman–Crippen LogP) is 2.86. The van der Waals surface area contributed by atoms with Crippen molar-refractivity contribution in [2.45, 2.75) is 31.6 Å². The van der Waals surface area contributed by atoms with E-state index in [-0.39, 0.29) is 5.92 Å². The molecule has 0 unspecified atom stereocenters. The van der Waals surface area contributed by atoms with Crippen LogP contribution in [0.25, 0.3) is 11.5 Å². The molecule has 0 atom stereocenters. The summed E-state index contributed by atoms with van der Waals surface area (Å²) in [5, 5.41) is 8.42. The van der Waals surface area contributed by atoms with E-state index in [0.717, 1.165) is 50.1 Å². The molecule has 1 aromatic heterocycles. The van der Waals surface area contributed by atoms with E-state index in [2.05, 4.69) is 10.2 Å². The molecule has 4 rings (SSSR count). The Balaban J connectivity index is 1.45. The Kier molecular flexibility index (Phi) is 3.96. The third-order valence-corrected chi connectivity index (χ3v) is 4.86. The zero-order valence-corrected chi connectivity index (χ0v) is 13.8. The second kappa shape index (κ2) is 6.26. The Bertz CT molecular complexity index is 731. The first kappa shape index (κ1) is 15.2. The molecule has 0 N–H and O–H groups in total. The summed E-state index contributed by atoms with van der Waals surface area (Å²) >= 11 is 0. The van der Waals surface area contributed by atoms with Gasteiger partial charge in [-0.1, -0.05) is 12.1 Å². The van der Waals surface area contributed by atoms with Gasteiger partial charge in [-0.2, -0.15) is 0 Å². The van der Waals surface area contributed by atoms with Gasteiger partial charge < -0.3 is 14.1 Å². The van der Waals surface area contributed by atoms with Gasteiger partial charge in [0.2, 0.25) is 11.8 Å². The molecule has 6 heteroatoms. The van der Waals surface area contributed by atoms with E-state index in [9.17, 15) is 4.79 Å². The molecule has 1 saturated carbocycles. The van der Waals surface area contributed by atoms with Crippen molar-refractivity contribution in [3.8, 4) is 17.2 Å². The minimum atomic E-state index is 0.226. The van der Waals surface area contributed by atoms with Crippen LogP contribution in [-0.2, 0) is 4.79 Å². The third-order valence-electron chi connectivity index (χ3n) is 4.86. The van der Waals surface area contributed by atoms with Crippen molar-refractivity contribution >= 4 is 5.91 Å². The smallest absolute Gasteiger partial charge is 0.251 e. The van der Waals surface area contributed by atoms with E-state index in [1.165, 1.54) is 0 Å². The summed E-state index contributed by atoms with van der Waals surface area (Å²) in [7, 11) is 1.63. The molecule has 6 nitrogen and oxygen atoms in total. The fourth-order valence-corrected chi connectivity index (χ4v) is 3.27. The summed E-state index contributed by atoms with van der Waals surface area (Å²) in [5.41, 5.74) is 0.806. The first-order valence-corrected chi connectivity index (χ1v) is 8.52. The summed E-state index contributed by atoms with van der Waals surface area (Å²) in [4.78, 5) is 14.1. The molecule has 126 valence electrons. The topological polar surface area (TPSA) is 68.5 Å². The first-order valence-electron chi connectivity index (χ1n) is 8.52. The van der Waals surface area contributed by atoms with E-state index < -0.39 is 0 Å². The van der Waals surface area contributed by atoms with Gasteiger partial charge in [0.05, 0.1) is 12.7 Å². The van der Waals surface area contributed by atoms with Gasteiger partial charge in [0.1, 0.15) is 5.75 Å². The Morgan fingerprint density at radius 1 is 1.17 bits per heavy atom. The lowest BCUT2D eigenvalue weighted by Crippen LogP contribution is -2.38. The van der Waals surface area contributed by atoms with E-state index in [1.54, 1.807) is 7.11 Å². The number of aromatic nitrogens is 2.